The first-order chi connectivity index (χ1) is 26.4. The molecular weight excluding hydrogens is 766 g/mol. The molecule has 0 aromatic heterocycles. The van der Waals surface area contributed by atoms with Crippen LogP contribution in [0.5, 0.6) is 0 Å². The lowest BCUT2D eigenvalue weighted by Gasteiger charge is -2.49. The van der Waals surface area contributed by atoms with E-state index in [0.717, 1.165) is 6.92 Å². The van der Waals surface area contributed by atoms with Crippen molar-refractivity contribution in [2.75, 3.05) is 33.0 Å². The van der Waals surface area contributed by atoms with Gasteiger partial charge in [-0.1, -0.05) is 6.92 Å². The summed E-state index contributed by atoms with van der Waals surface area (Å²) in [4.78, 5) is 24.7. The highest BCUT2D eigenvalue weighted by Crippen LogP contribution is 2.38. The minimum atomic E-state index is -2.76. The van der Waals surface area contributed by atoms with Crippen LogP contribution in [-0.4, -0.2) is 234 Å². The van der Waals surface area contributed by atoms with E-state index in [0.29, 0.717) is 0 Å². The SMILES string of the molecule is CCOC1OC(CO)[C@@H](OC2OC(CO)[C@H](O)[C@H](O[C@@H]3OC(CO[C@]4(C(=O)O)C[C@@H](O)[C@@H](C)C([C@H](O)[C@H](O)CO)O4)[C@@H](O)[C@H](O)C3NC(C)=O)[C@@H]2O)[C@H](O)[C@@H]1O. The van der Waals surface area contributed by atoms with Crippen LogP contribution in [0.3, 0.4) is 0 Å². The number of carbonyl (C=O) groups excluding carboxylic acids is 1. The second-order valence-electron chi connectivity index (χ2n) is 14.1. The number of carboxylic acids is 1. The van der Waals surface area contributed by atoms with Crippen molar-refractivity contribution in [2.24, 2.45) is 5.92 Å². The average molecular weight is 822 g/mol. The molecule has 326 valence electrons. The van der Waals surface area contributed by atoms with Gasteiger partial charge in [0, 0.05) is 25.9 Å². The molecule has 56 heavy (non-hydrogen) atoms. The van der Waals surface area contributed by atoms with E-state index in [1.54, 1.807) is 6.92 Å². The summed E-state index contributed by atoms with van der Waals surface area (Å²) in [6, 6.07) is -1.66. The van der Waals surface area contributed by atoms with Crippen molar-refractivity contribution in [1.29, 1.82) is 0 Å². The number of nitrogens with one attached hydrogen (secondary N) is 1. The van der Waals surface area contributed by atoms with Gasteiger partial charge in [0.05, 0.1) is 38.6 Å². The summed E-state index contributed by atoms with van der Waals surface area (Å²) in [5.41, 5.74) is 0. The van der Waals surface area contributed by atoms with Crippen molar-refractivity contribution in [3.8, 4) is 0 Å². The Balaban J connectivity index is 1.58. The number of carbonyl (C=O) groups is 2. The van der Waals surface area contributed by atoms with E-state index in [-0.39, 0.29) is 6.61 Å². The van der Waals surface area contributed by atoms with Crippen molar-refractivity contribution in [1.82, 2.24) is 5.32 Å². The number of hydrogen-bond acceptors (Lipinski definition) is 22. The Bertz CT molecular complexity index is 1270. The van der Waals surface area contributed by atoms with Crippen LogP contribution in [0.4, 0.5) is 0 Å². The van der Waals surface area contributed by atoms with Gasteiger partial charge in [0.15, 0.2) is 18.9 Å². The van der Waals surface area contributed by atoms with Crippen LogP contribution >= 0.6 is 0 Å². The number of carboxylic acid groups (broad SMARTS) is 1. The van der Waals surface area contributed by atoms with E-state index >= 15 is 0 Å². The highest BCUT2D eigenvalue weighted by molar-refractivity contribution is 5.76. The molecule has 4 fully saturated rings. The van der Waals surface area contributed by atoms with Crippen molar-refractivity contribution in [3.63, 3.8) is 0 Å². The van der Waals surface area contributed by atoms with Gasteiger partial charge in [0.2, 0.25) is 5.91 Å². The molecule has 4 rings (SSSR count). The van der Waals surface area contributed by atoms with Crippen LogP contribution in [0.2, 0.25) is 0 Å². The molecule has 4 heterocycles. The third-order valence-corrected chi connectivity index (χ3v) is 10.3. The molecule has 0 aromatic rings. The maximum atomic E-state index is 12.5. The van der Waals surface area contributed by atoms with Crippen LogP contribution in [0, 0.1) is 5.92 Å². The third kappa shape index (κ3) is 9.94. The van der Waals surface area contributed by atoms with E-state index in [4.69, 9.17) is 37.9 Å². The van der Waals surface area contributed by atoms with E-state index in [1.165, 1.54) is 6.92 Å². The van der Waals surface area contributed by atoms with E-state index < -0.39 is 173 Å². The maximum Gasteiger partial charge on any atom is 0.364 e. The van der Waals surface area contributed by atoms with Gasteiger partial charge in [-0.3, -0.25) is 4.79 Å². The van der Waals surface area contributed by atoms with Crippen LogP contribution in [-0.2, 0) is 47.5 Å². The number of amides is 1. The van der Waals surface area contributed by atoms with Crippen LogP contribution in [0.25, 0.3) is 0 Å². The summed E-state index contributed by atoms with van der Waals surface area (Å²) >= 11 is 0. The standard InChI is InChI=1S/C32H55NO23/c1-4-49-29-23(45)22(44)26(15(8-36)52-29)54-30-24(46)27(20(42)14(7-35)51-30)55-28-17(33-11(3)37)21(43)19(41)16(53-28)9-50-32(31(47)48)5-12(38)10(2)25(56-32)18(40)13(39)6-34/h10,12-30,34-36,38-46H,4-9H2,1-3H3,(H,33,37)(H,47,48)/t10-,12-,13-,14?,15?,16?,17?,18-,19-,20+,21-,22-,23+,24+,25?,26-,27+,28+,29?,30?,32-/m1/s1. The quantitative estimate of drug-likeness (QED) is 0.0687. The van der Waals surface area contributed by atoms with Crippen molar-refractivity contribution in [3.05, 3.63) is 0 Å². The molecule has 0 aliphatic carbocycles. The van der Waals surface area contributed by atoms with Gasteiger partial charge in [0.1, 0.15) is 85.4 Å². The molecule has 0 spiro atoms. The molecule has 4 aliphatic rings. The second kappa shape index (κ2) is 19.9. The van der Waals surface area contributed by atoms with Crippen LogP contribution in [0.15, 0.2) is 0 Å². The first kappa shape index (κ1) is 46.8. The van der Waals surface area contributed by atoms with Gasteiger partial charge in [-0.25, -0.2) is 4.79 Å². The zero-order chi connectivity index (χ0) is 41.8. The summed E-state index contributed by atoms with van der Waals surface area (Å²) in [6.45, 7) is 0.488. The molecule has 1 amide bonds. The number of aliphatic carboxylic acids is 1. The van der Waals surface area contributed by atoms with Gasteiger partial charge in [-0.05, 0) is 6.92 Å². The minimum Gasteiger partial charge on any atom is -0.477 e. The smallest absolute Gasteiger partial charge is 0.364 e. The zero-order valence-corrected chi connectivity index (χ0v) is 30.7. The maximum absolute atomic E-state index is 12.5. The second-order valence-corrected chi connectivity index (χ2v) is 14.1. The van der Waals surface area contributed by atoms with Gasteiger partial charge < -0.3 is 110 Å². The average Bonchev–Trinajstić information content (AvgIpc) is 3.16. The Morgan fingerprint density at radius 1 is 0.786 bits per heavy atom. The monoisotopic (exact) mass is 821 g/mol. The van der Waals surface area contributed by atoms with Gasteiger partial charge in [-0.2, -0.15) is 0 Å². The number of rotatable bonds is 16. The molecule has 0 saturated carbocycles. The molecule has 0 radical (unpaired) electrons. The molecule has 0 aromatic carbocycles. The summed E-state index contributed by atoms with van der Waals surface area (Å²) in [6.07, 6.45) is -32.3. The zero-order valence-electron chi connectivity index (χ0n) is 30.7. The van der Waals surface area contributed by atoms with Gasteiger partial charge >= 0.3 is 5.97 Å². The third-order valence-electron chi connectivity index (χ3n) is 10.3. The largest absolute Gasteiger partial charge is 0.477 e. The Kier molecular flexibility index (Phi) is 16.7. The topological polar surface area (TPSA) is 383 Å². The summed E-state index contributed by atoms with van der Waals surface area (Å²) in [5, 5.41) is 139. The first-order valence-corrected chi connectivity index (χ1v) is 18.0. The first-order valence-electron chi connectivity index (χ1n) is 18.0. The number of aliphatic hydroxyl groups is 12. The molecule has 24 nitrogen and oxygen atoms in total. The fourth-order valence-electron chi connectivity index (χ4n) is 7.00. The Morgan fingerprint density at radius 3 is 1.96 bits per heavy atom. The molecule has 21 atom stereocenters. The summed E-state index contributed by atoms with van der Waals surface area (Å²) < 4.78 is 44.8. The Morgan fingerprint density at radius 2 is 1.39 bits per heavy atom. The fraction of sp³-hybridized carbons (Fsp3) is 0.938. The molecule has 14 N–H and O–H groups in total. The van der Waals surface area contributed by atoms with Crippen molar-refractivity contribution < 1.29 is 114 Å². The molecule has 4 saturated heterocycles. The molecule has 24 heteroatoms. The van der Waals surface area contributed by atoms with Crippen molar-refractivity contribution in [2.45, 2.75) is 149 Å². The number of hydrogen-bond donors (Lipinski definition) is 14. The van der Waals surface area contributed by atoms with Gasteiger partial charge in [0.25, 0.3) is 5.79 Å². The number of aliphatic hydroxyl groups excluding tert-OH is 12. The van der Waals surface area contributed by atoms with E-state index in [1.807, 2.05) is 0 Å². The lowest BCUT2D eigenvalue weighted by molar-refractivity contribution is -0.377. The molecule has 4 aliphatic heterocycles. The molecular formula is C32H55NO23. The van der Waals surface area contributed by atoms with Crippen molar-refractivity contribution >= 4 is 11.9 Å². The highest BCUT2D eigenvalue weighted by atomic mass is 16.8. The van der Waals surface area contributed by atoms with E-state index in [2.05, 4.69) is 5.32 Å². The number of ether oxygens (including phenoxy) is 8. The van der Waals surface area contributed by atoms with Gasteiger partial charge in [-0.15, -0.1) is 0 Å². The van der Waals surface area contributed by atoms with E-state index in [9.17, 15) is 76.0 Å². The lowest BCUT2D eigenvalue weighted by atomic mass is 9.84. The fourth-order valence-corrected chi connectivity index (χ4v) is 7.00. The molecule has 7 unspecified atom stereocenters. The normalized spacial score (nSPS) is 45.8. The summed E-state index contributed by atoms with van der Waals surface area (Å²) in [5.74, 6) is -6.33. The van der Waals surface area contributed by atoms with Crippen LogP contribution < -0.4 is 5.32 Å². The Labute approximate surface area is 319 Å². The predicted molar refractivity (Wildman–Crippen MR) is 175 cm³/mol. The molecule has 0 bridgehead atoms. The minimum absolute atomic E-state index is 0.0662. The van der Waals surface area contributed by atoms with Crippen LogP contribution in [0.1, 0.15) is 27.2 Å². The highest BCUT2D eigenvalue weighted by Gasteiger charge is 2.57. The summed E-state index contributed by atoms with van der Waals surface area (Å²) in [7, 11) is 0. The lowest BCUT2D eigenvalue weighted by Crippen LogP contribution is -2.69. The Hall–Kier alpha value is -1.86. The predicted octanol–water partition coefficient (Wildman–Crippen LogP) is -8.08.